The molecule has 14 heavy (non-hydrogen) atoms. The number of nitro groups is 1. The van der Waals surface area contributed by atoms with Gasteiger partial charge in [-0.05, 0) is 25.5 Å². The molecule has 74 valence electrons. The van der Waals surface area contributed by atoms with Crippen LogP contribution in [0.15, 0.2) is 12.1 Å². The maximum absolute atomic E-state index is 13.0. The van der Waals surface area contributed by atoms with Crippen molar-refractivity contribution in [1.82, 2.24) is 0 Å². The van der Waals surface area contributed by atoms with Gasteiger partial charge in [0.05, 0.1) is 10.5 Å². The Kier molecular flexibility index (Phi) is 2.60. The molecule has 1 rings (SSSR count). The second-order valence-electron chi connectivity index (χ2n) is 2.93. The van der Waals surface area contributed by atoms with Crippen molar-refractivity contribution in [1.29, 1.82) is 0 Å². The Bertz CT molecular complexity index is 376. The van der Waals surface area contributed by atoms with Gasteiger partial charge in [0, 0.05) is 6.07 Å². The highest BCUT2D eigenvalue weighted by Gasteiger charge is 2.19. The van der Waals surface area contributed by atoms with Crippen LogP contribution < -0.4 is 0 Å². The average molecular weight is 197 g/mol. The summed E-state index contributed by atoms with van der Waals surface area (Å²) in [6.07, 6.45) is 0. The number of aryl methyl sites for hydroxylation is 1. The fraction of sp³-hybridized carbons (Fsp3) is 0.222. The third-order valence-corrected chi connectivity index (χ3v) is 1.85. The minimum atomic E-state index is -0.691. The van der Waals surface area contributed by atoms with E-state index < -0.39 is 16.5 Å². The molecule has 0 unspecified atom stereocenters. The van der Waals surface area contributed by atoms with E-state index in [4.69, 9.17) is 0 Å². The predicted octanol–water partition coefficient (Wildman–Crippen LogP) is 2.24. The van der Waals surface area contributed by atoms with Crippen LogP contribution in [0.1, 0.15) is 22.8 Å². The smallest absolute Gasteiger partial charge is 0.280 e. The topological polar surface area (TPSA) is 60.2 Å². The van der Waals surface area contributed by atoms with Gasteiger partial charge in [-0.2, -0.15) is 0 Å². The van der Waals surface area contributed by atoms with Crippen LogP contribution in [0, 0.1) is 22.9 Å². The molecule has 0 aliphatic rings. The van der Waals surface area contributed by atoms with Gasteiger partial charge >= 0.3 is 0 Å². The molecule has 1 aromatic rings. The van der Waals surface area contributed by atoms with Crippen molar-refractivity contribution in [2.75, 3.05) is 0 Å². The van der Waals surface area contributed by atoms with E-state index in [0.717, 1.165) is 19.1 Å². The Hall–Kier alpha value is -1.78. The van der Waals surface area contributed by atoms with Gasteiger partial charge in [-0.25, -0.2) is 4.39 Å². The van der Waals surface area contributed by atoms with Crippen LogP contribution in [-0.4, -0.2) is 10.7 Å². The molecule has 0 heterocycles. The Morgan fingerprint density at radius 2 is 2.07 bits per heavy atom. The molecule has 4 nitrogen and oxygen atoms in total. The molecule has 0 aliphatic carbocycles. The van der Waals surface area contributed by atoms with E-state index in [-0.39, 0.29) is 16.8 Å². The highest BCUT2D eigenvalue weighted by molar-refractivity contribution is 5.98. The van der Waals surface area contributed by atoms with Gasteiger partial charge in [-0.15, -0.1) is 0 Å². The summed E-state index contributed by atoms with van der Waals surface area (Å²) in [6, 6.07) is 1.96. The Balaban J connectivity index is 3.46. The lowest BCUT2D eigenvalue weighted by Gasteiger charge is -2.01. The summed E-state index contributed by atoms with van der Waals surface area (Å²) < 4.78 is 13.0. The lowest BCUT2D eigenvalue weighted by Crippen LogP contribution is -2.02. The number of carbonyl (C=O) groups excluding carboxylic acids is 1. The minimum absolute atomic E-state index is 0.154. The monoisotopic (exact) mass is 197 g/mol. The van der Waals surface area contributed by atoms with Gasteiger partial charge in [-0.3, -0.25) is 14.9 Å². The van der Waals surface area contributed by atoms with E-state index in [2.05, 4.69) is 0 Å². The zero-order valence-corrected chi connectivity index (χ0v) is 7.70. The van der Waals surface area contributed by atoms with Crippen molar-refractivity contribution in [3.63, 3.8) is 0 Å². The quantitative estimate of drug-likeness (QED) is 0.415. The van der Waals surface area contributed by atoms with Crippen LogP contribution in [0.25, 0.3) is 0 Å². The number of benzene rings is 1. The number of nitrogens with zero attached hydrogens (tertiary/aromatic N) is 1. The normalized spacial score (nSPS) is 9.93. The van der Waals surface area contributed by atoms with Crippen LogP contribution in [0.5, 0.6) is 0 Å². The predicted molar refractivity (Wildman–Crippen MR) is 47.8 cm³/mol. The van der Waals surface area contributed by atoms with Crippen LogP contribution in [0.3, 0.4) is 0 Å². The van der Waals surface area contributed by atoms with Gasteiger partial charge in [0.25, 0.3) is 5.69 Å². The first kappa shape index (κ1) is 10.3. The van der Waals surface area contributed by atoms with E-state index in [9.17, 15) is 19.3 Å². The largest absolute Gasteiger partial charge is 0.294 e. The summed E-state index contributed by atoms with van der Waals surface area (Å²) in [7, 11) is 0. The van der Waals surface area contributed by atoms with Crippen molar-refractivity contribution < 1.29 is 14.1 Å². The second kappa shape index (κ2) is 3.53. The van der Waals surface area contributed by atoms with E-state index in [0.29, 0.717) is 0 Å². The highest BCUT2D eigenvalue weighted by Crippen LogP contribution is 2.22. The van der Waals surface area contributed by atoms with E-state index in [1.54, 1.807) is 0 Å². The van der Waals surface area contributed by atoms with Gasteiger partial charge in [-0.1, -0.05) is 0 Å². The molecule has 0 spiro atoms. The van der Waals surface area contributed by atoms with Crippen molar-refractivity contribution in [2.45, 2.75) is 13.8 Å². The molecular formula is C9H8FNO3. The molecule has 0 aromatic heterocycles. The Morgan fingerprint density at radius 1 is 1.50 bits per heavy atom. The molecule has 0 saturated heterocycles. The molecule has 5 heteroatoms. The third kappa shape index (κ3) is 1.76. The number of rotatable bonds is 2. The molecule has 0 radical (unpaired) electrons. The summed E-state index contributed by atoms with van der Waals surface area (Å²) in [5.41, 5.74) is -0.392. The van der Waals surface area contributed by atoms with Crippen molar-refractivity contribution in [3.05, 3.63) is 39.2 Å². The summed E-state index contributed by atoms with van der Waals surface area (Å²) in [4.78, 5) is 20.8. The molecule has 0 fully saturated rings. The Labute approximate surface area is 79.5 Å². The molecular weight excluding hydrogens is 189 g/mol. The number of hydrogen-bond acceptors (Lipinski definition) is 3. The molecule has 0 N–H and O–H groups in total. The van der Waals surface area contributed by atoms with E-state index >= 15 is 0 Å². The first-order chi connectivity index (χ1) is 6.43. The Morgan fingerprint density at radius 3 is 2.50 bits per heavy atom. The third-order valence-electron chi connectivity index (χ3n) is 1.85. The first-order valence-electron chi connectivity index (χ1n) is 3.89. The van der Waals surface area contributed by atoms with Crippen molar-refractivity contribution >= 4 is 11.5 Å². The average Bonchev–Trinajstić information content (AvgIpc) is 2.08. The summed E-state index contributed by atoms with van der Waals surface area (Å²) in [5.74, 6) is -1.13. The number of nitro benzene ring substituents is 1. The van der Waals surface area contributed by atoms with E-state index in [1.807, 2.05) is 0 Å². The minimum Gasteiger partial charge on any atom is -0.294 e. The number of Topliss-reactive ketones (excluding diaryl/α,β-unsaturated/α-hetero) is 1. The van der Waals surface area contributed by atoms with Crippen molar-refractivity contribution in [2.24, 2.45) is 0 Å². The number of ketones is 1. The molecule has 0 aliphatic heterocycles. The fourth-order valence-corrected chi connectivity index (χ4v) is 1.10. The van der Waals surface area contributed by atoms with Crippen LogP contribution in [0.4, 0.5) is 10.1 Å². The summed E-state index contributed by atoms with van der Waals surface area (Å²) >= 11 is 0. The van der Waals surface area contributed by atoms with Gasteiger partial charge < -0.3 is 0 Å². The highest BCUT2D eigenvalue weighted by atomic mass is 19.1. The maximum Gasteiger partial charge on any atom is 0.280 e. The van der Waals surface area contributed by atoms with Crippen molar-refractivity contribution in [3.8, 4) is 0 Å². The summed E-state index contributed by atoms with van der Waals surface area (Å²) in [5, 5.41) is 10.5. The van der Waals surface area contributed by atoms with Crippen LogP contribution >= 0.6 is 0 Å². The SMILES string of the molecule is CC(=O)c1cc(F)c(C)cc1[N+](=O)[O-]. The van der Waals surface area contributed by atoms with Gasteiger partial charge in [0.15, 0.2) is 5.78 Å². The van der Waals surface area contributed by atoms with Crippen LogP contribution in [0.2, 0.25) is 0 Å². The second-order valence-corrected chi connectivity index (χ2v) is 2.93. The van der Waals surface area contributed by atoms with E-state index in [1.165, 1.54) is 6.92 Å². The number of hydrogen-bond donors (Lipinski definition) is 0. The fourth-order valence-electron chi connectivity index (χ4n) is 1.10. The van der Waals surface area contributed by atoms with Gasteiger partial charge in [0.2, 0.25) is 0 Å². The van der Waals surface area contributed by atoms with Crippen LogP contribution in [-0.2, 0) is 0 Å². The lowest BCUT2D eigenvalue weighted by atomic mass is 10.1. The molecule has 0 amide bonds. The standard InChI is InChI=1S/C9H8FNO3/c1-5-3-9(11(13)14)7(6(2)12)4-8(5)10/h3-4H,1-2H3. The zero-order valence-electron chi connectivity index (χ0n) is 7.70. The molecule has 0 bridgehead atoms. The van der Waals surface area contributed by atoms with Gasteiger partial charge in [0.1, 0.15) is 5.82 Å². The first-order valence-corrected chi connectivity index (χ1v) is 3.89. The molecule has 0 saturated carbocycles. The summed E-state index contributed by atoms with van der Waals surface area (Å²) in [6.45, 7) is 2.57. The number of halogens is 1. The zero-order chi connectivity index (χ0) is 10.9. The molecule has 1 aromatic carbocycles. The maximum atomic E-state index is 13.0. The molecule has 0 atom stereocenters. The lowest BCUT2D eigenvalue weighted by molar-refractivity contribution is -0.385. The number of carbonyl (C=O) groups is 1.